The smallest absolute Gasteiger partial charge is 0.231 e. The number of pyridine rings is 2. The molecule has 9 heteroatoms. The molecule has 0 amide bonds. The van der Waals surface area contributed by atoms with Crippen molar-refractivity contribution in [3.63, 3.8) is 0 Å². The summed E-state index contributed by atoms with van der Waals surface area (Å²) in [5, 5.41) is 11.1. The first kappa shape index (κ1) is 18.6. The Bertz CT molecular complexity index is 1500. The minimum Gasteiger partial charge on any atom is -0.454 e. The Balaban J connectivity index is 1.33. The molecule has 1 saturated heterocycles. The van der Waals surface area contributed by atoms with Gasteiger partial charge in [-0.1, -0.05) is 6.07 Å². The molecule has 0 aliphatic carbocycles. The molecule has 5 aromatic rings. The third kappa shape index (κ3) is 3.04. The minimum absolute atomic E-state index is 0.242. The lowest BCUT2D eigenvalue weighted by Gasteiger charge is -2.22. The van der Waals surface area contributed by atoms with Crippen LogP contribution in [0.5, 0.6) is 11.5 Å². The average Bonchev–Trinajstić information content (AvgIpc) is 3.60. The molecule has 0 atom stereocenters. The van der Waals surface area contributed by atoms with E-state index in [4.69, 9.17) is 19.4 Å². The van der Waals surface area contributed by atoms with E-state index in [9.17, 15) is 0 Å². The second kappa shape index (κ2) is 7.28. The number of H-pyrrole nitrogens is 2. The number of nitrogens with zero attached hydrogens (tertiary/aromatic N) is 4. The van der Waals surface area contributed by atoms with Crippen molar-refractivity contribution in [2.45, 2.75) is 18.8 Å². The Morgan fingerprint density at radius 3 is 2.73 bits per heavy atom. The van der Waals surface area contributed by atoms with Crippen molar-refractivity contribution < 1.29 is 9.47 Å². The number of imidazole rings is 1. The van der Waals surface area contributed by atoms with Gasteiger partial charge in [0.15, 0.2) is 23.0 Å². The van der Waals surface area contributed by atoms with E-state index in [1.165, 1.54) is 0 Å². The highest BCUT2D eigenvalue weighted by Crippen LogP contribution is 2.38. The van der Waals surface area contributed by atoms with Gasteiger partial charge in [0.1, 0.15) is 5.52 Å². The number of benzene rings is 1. The highest BCUT2D eigenvalue weighted by Gasteiger charge is 2.21. The Morgan fingerprint density at radius 2 is 1.79 bits per heavy atom. The highest BCUT2D eigenvalue weighted by molar-refractivity contribution is 5.95. The molecular weight excluding hydrogens is 418 g/mol. The Labute approximate surface area is 188 Å². The fraction of sp³-hybridized carbons (Fsp3) is 0.250. The fourth-order valence-electron chi connectivity index (χ4n) is 4.74. The Hall–Kier alpha value is -3.98. The second-order valence-corrected chi connectivity index (χ2v) is 8.47. The predicted molar refractivity (Wildman–Crippen MR) is 123 cm³/mol. The molecule has 164 valence electrons. The molecule has 3 N–H and O–H groups in total. The van der Waals surface area contributed by atoms with E-state index in [-0.39, 0.29) is 6.79 Å². The van der Waals surface area contributed by atoms with Crippen molar-refractivity contribution in [3.8, 4) is 34.1 Å². The normalized spacial score (nSPS) is 16.1. The van der Waals surface area contributed by atoms with Crippen molar-refractivity contribution in [1.29, 1.82) is 0 Å². The largest absolute Gasteiger partial charge is 0.454 e. The van der Waals surface area contributed by atoms with Crippen LogP contribution in [0.25, 0.3) is 44.7 Å². The molecule has 2 aliphatic heterocycles. The standard InChI is InChI=1S/C24H21N7O2/c1-4-19-20(33-12-32-19)9-14(1)15-10-26-11-18-21(15)29-24(28-18)23-22-17(30-31-23)3-2-16(27-22)13-5-7-25-8-6-13/h1-4,9-11,13,25H,5-8,12H2,(H,28,29)(H,30,31). The number of piperidine rings is 1. The number of nitrogens with one attached hydrogen (secondary N) is 3. The molecular formula is C24H21N7O2. The summed E-state index contributed by atoms with van der Waals surface area (Å²) in [7, 11) is 0. The van der Waals surface area contributed by atoms with Gasteiger partial charge in [-0.3, -0.25) is 10.1 Å². The number of fused-ring (bicyclic) bond motifs is 3. The van der Waals surface area contributed by atoms with Crippen LogP contribution in [-0.4, -0.2) is 50.0 Å². The third-order valence-electron chi connectivity index (χ3n) is 6.49. The van der Waals surface area contributed by atoms with Gasteiger partial charge in [0.25, 0.3) is 0 Å². The lowest BCUT2D eigenvalue weighted by Crippen LogP contribution is -2.27. The van der Waals surface area contributed by atoms with Crippen molar-refractivity contribution in [2.24, 2.45) is 0 Å². The van der Waals surface area contributed by atoms with E-state index < -0.39 is 0 Å². The molecule has 0 saturated carbocycles. The van der Waals surface area contributed by atoms with Crippen LogP contribution in [-0.2, 0) is 0 Å². The molecule has 0 unspecified atom stereocenters. The molecule has 0 radical (unpaired) electrons. The SMILES string of the molecule is c1cc2c(cc1-c1cncc3[nH]c(-c4n[nH]c5ccc(C6CCNCC6)nc45)nc13)OCO2. The number of hydrogen-bond acceptors (Lipinski definition) is 7. The van der Waals surface area contributed by atoms with Gasteiger partial charge in [-0.2, -0.15) is 5.10 Å². The summed E-state index contributed by atoms with van der Waals surface area (Å²) in [6.45, 7) is 2.30. The first-order valence-corrected chi connectivity index (χ1v) is 11.1. The quantitative estimate of drug-likeness (QED) is 0.392. The molecule has 0 bridgehead atoms. The van der Waals surface area contributed by atoms with Crippen LogP contribution in [0.2, 0.25) is 0 Å². The molecule has 7 rings (SSSR count). The maximum absolute atomic E-state index is 5.55. The van der Waals surface area contributed by atoms with Gasteiger partial charge in [-0.15, -0.1) is 0 Å². The maximum atomic E-state index is 5.55. The molecule has 2 aliphatic rings. The lowest BCUT2D eigenvalue weighted by molar-refractivity contribution is 0.174. The van der Waals surface area contributed by atoms with Crippen LogP contribution in [0.3, 0.4) is 0 Å². The number of rotatable bonds is 3. The summed E-state index contributed by atoms with van der Waals surface area (Å²) in [5.41, 5.74) is 7.11. The topological polar surface area (TPSA) is 114 Å². The Kier molecular flexibility index (Phi) is 4.10. The fourth-order valence-corrected chi connectivity index (χ4v) is 4.74. The van der Waals surface area contributed by atoms with E-state index in [1.807, 2.05) is 24.4 Å². The van der Waals surface area contributed by atoms with Crippen LogP contribution in [0.4, 0.5) is 0 Å². The van der Waals surface area contributed by atoms with E-state index in [0.29, 0.717) is 17.4 Å². The molecule has 4 aromatic heterocycles. The first-order valence-electron chi connectivity index (χ1n) is 11.1. The van der Waals surface area contributed by atoms with E-state index in [0.717, 1.165) is 76.3 Å². The zero-order valence-electron chi connectivity index (χ0n) is 17.8. The number of aromatic nitrogens is 6. The van der Waals surface area contributed by atoms with Gasteiger partial charge in [0.2, 0.25) is 6.79 Å². The number of ether oxygens (including phenoxy) is 2. The summed E-state index contributed by atoms with van der Waals surface area (Å²) in [6.07, 6.45) is 5.80. The molecule has 33 heavy (non-hydrogen) atoms. The summed E-state index contributed by atoms with van der Waals surface area (Å²) in [4.78, 5) is 17.7. The van der Waals surface area contributed by atoms with Gasteiger partial charge in [-0.25, -0.2) is 9.97 Å². The van der Waals surface area contributed by atoms with E-state index in [2.05, 4.69) is 37.6 Å². The maximum Gasteiger partial charge on any atom is 0.231 e. The van der Waals surface area contributed by atoms with E-state index >= 15 is 0 Å². The summed E-state index contributed by atoms with van der Waals surface area (Å²) < 4.78 is 11.0. The molecule has 1 aromatic carbocycles. The highest BCUT2D eigenvalue weighted by atomic mass is 16.7. The van der Waals surface area contributed by atoms with E-state index in [1.54, 1.807) is 6.20 Å². The summed E-state index contributed by atoms with van der Waals surface area (Å²) >= 11 is 0. The van der Waals surface area contributed by atoms with Crippen LogP contribution < -0.4 is 14.8 Å². The number of aromatic amines is 2. The predicted octanol–water partition coefficient (Wildman–Crippen LogP) is 3.76. The minimum atomic E-state index is 0.242. The van der Waals surface area contributed by atoms with Gasteiger partial charge in [0, 0.05) is 23.4 Å². The monoisotopic (exact) mass is 439 g/mol. The van der Waals surface area contributed by atoms with Gasteiger partial charge >= 0.3 is 0 Å². The molecule has 0 spiro atoms. The Morgan fingerprint density at radius 1 is 0.879 bits per heavy atom. The van der Waals surface area contributed by atoms with Crippen molar-refractivity contribution in [1.82, 2.24) is 35.5 Å². The molecule has 9 nitrogen and oxygen atoms in total. The zero-order chi connectivity index (χ0) is 21.8. The third-order valence-corrected chi connectivity index (χ3v) is 6.49. The molecule has 6 heterocycles. The van der Waals surface area contributed by atoms with Crippen LogP contribution in [0, 0.1) is 0 Å². The lowest BCUT2D eigenvalue weighted by atomic mass is 9.94. The molecule has 1 fully saturated rings. The first-order chi connectivity index (χ1) is 16.3. The van der Waals surface area contributed by atoms with Crippen molar-refractivity contribution >= 4 is 22.1 Å². The zero-order valence-corrected chi connectivity index (χ0v) is 17.8. The second-order valence-electron chi connectivity index (χ2n) is 8.47. The van der Waals surface area contributed by atoms with Gasteiger partial charge < -0.3 is 19.8 Å². The van der Waals surface area contributed by atoms with Gasteiger partial charge in [-0.05, 0) is 55.8 Å². The van der Waals surface area contributed by atoms with Crippen molar-refractivity contribution in [3.05, 3.63) is 48.4 Å². The van der Waals surface area contributed by atoms with Crippen molar-refractivity contribution in [2.75, 3.05) is 19.9 Å². The van der Waals surface area contributed by atoms with Crippen LogP contribution in [0.1, 0.15) is 24.5 Å². The van der Waals surface area contributed by atoms with Gasteiger partial charge in [0.05, 0.1) is 22.7 Å². The van der Waals surface area contributed by atoms with Crippen LogP contribution >= 0.6 is 0 Å². The summed E-state index contributed by atoms with van der Waals surface area (Å²) in [6, 6.07) is 10.1. The number of hydrogen-bond donors (Lipinski definition) is 3. The average molecular weight is 439 g/mol. The van der Waals surface area contributed by atoms with Crippen LogP contribution in [0.15, 0.2) is 42.7 Å². The summed E-state index contributed by atoms with van der Waals surface area (Å²) in [5.74, 6) is 2.62.